The molecule has 5 nitrogen and oxygen atoms in total. The largest absolute Gasteiger partial charge is 0.497 e. The van der Waals surface area contributed by atoms with E-state index in [1.54, 1.807) is 68.8 Å². The molecule has 0 aliphatic heterocycles. The molecule has 0 spiro atoms. The first-order valence-corrected chi connectivity index (χ1v) is 8.61. The van der Waals surface area contributed by atoms with E-state index in [9.17, 15) is 9.90 Å². The van der Waals surface area contributed by atoms with Gasteiger partial charge in [0.1, 0.15) is 11.5 Å². The van der Waals surface area contributed by atoms with Crippen molar-refractivity contribution in [1.82, 2.24) is 0 Å². The molecule has 0 unspecified atom stereocenters. The van der Waals surface area contributed by atoms with Gasteiger partial charge >= 0.3 is 5.97 Å². The summed E-state index contributed by atoms with van der Waals surface area (Å²) in [6.07, 6.45) is 1.62. The van der Waals surface area contributed by atoms with Gasteiger partial charge in [-0.2, -0.15) is 0 Å². The van der Waals surface area contributed by atoms with Crippen molar-refractivity contribution in [3.05, 3.63) is 83.9 Å². The monoisotopic (exact) mass is 376 g/mol. The second-order valence-electron chi connectivity index (χ2n) is 5.91. The number of rotatable bonds is 7. The number of hydrogen-bond acceptors (Lipinski definition) is 4. The smallest absolute Gasteiger partial charge is 0.336 e. The van der Waals surface area contributed by atoms with Gasteiger partial charge in [-0.25, -0.2) is 4.79 Å². The number of para-hydroxylation sites is 2. The van der Waals surface area contributed by atoms with E-state index in [1.807, 2.05) is 24.3 Å². The number of benzene rings is 3. The summed E-state index contributed by atoms with van der Waals surface area (Å²) in [6.45, 7) is 0. The molecular weight excluding hydrogens is 356 g/mol. The van der Waals surface area contributed by atoms with Crippen molar-refractivity contribution < 1.29 is 24.1 Å². The quantitative estimate of drug-likeness (QED) is 0.458. The summed E-state index contributed by atoms with van der Waals surface area (Å²) in [5.41, 5.74) is 1.55. The van der Waals surface area contributed by atoms with Crippen LogP contribution in [0.4, 0.5) is 0 Å². The van der Waals surface area contributed by atoms with Crippen molar-refractivity contribution in [1.29, 1.82) is 0 Å². The molecule has 0 amide bonds. The van der Waals surface area contributed by atoms with Crippen LogP contribution in [0.2, 0.25) is 0 Å². The first kappa shape index (κ1) is 19.0. The van der Waals surface area contributed by atoms with Crippen molar-refractivity contribution in [3.8, 4) is 23.0 Å². The van der Waals surface area contributed by atoms with Crippen LogP contribution in [0.3, 0.4) is 0 Å². The Morgan fingerprint density at radius 2 is 1.39 bits per heavy atom. The maximum absolute atomic E-state index is 11.7. The number of hydrogen-bond donors (Lipinski definition) is 1. The van der Waals surface area contributed by atoms with Crippen molar-refractivity contribution in [2.24, 2.45) is 0 Å². The van der Waals surface area contributed by atoms with Crippen LogP contribution in [0.5, 0.6) is 23.0 Å². The zero-order valence-corrected chi connectivity index (χ0v) is 15.6. The van der Waals surface area contributed by atoms with Gasteiger partial charge in [-0.3, -0.25) is 0 Å². The molecule has 142 valence electrons. The van der Waals surface area contributed by atoms with E-state index in [0.29, 0.717) is 28.6 Å². The van der Waals surface area contributed by atoms with Gasteiger partial charge in [0.05, 0.1) is 19.8 Å². The van der Waals surface area contributed by atoms with Gasteiger partial charge in [0, 0.05) is 0 Å². The number of carboxylic acid groups (broad SMARTS) is 1. The Morgan fingerprint density at radius 1 is 0.786 bits per heavy atom. The SMILES string of the molecule is COc1ccc(/C(=C\c2ccc(Oc3ccccc3OC)cc2)C(=O)O)cc1. The molecule has 0 saturated carbocycles. The van der Waals surface area contributed by atoms with Crippen LogP contribution in [0.1, 0.15) is 11.1 Å². The number of aliphatic carboxylic acids is 1. The molecule has 0 radical (unpaired) electrons. The van der Waals surface area contributed by atoms with Gasteiger partial charge in [0.25, 0.3) is 0 Å². The molecular formula is C23H20O5. The predicted octanol–water partition coefficient (Wildman–Crippen LogP) is 5.12. The first-order chi connectivity index (χ1) is 13.6. The van der Waals surface area contributed by atoms with Crippen LogP contribution in [0, 0.1) is 0 Å². The lowest BCUT2D eigenvalue weighted by Gasteiger charge is -2.10. The summed E-state index contributed by atoms with van der Waals surface area (Å²) in [4.78, 5) is 11.7. The van der Waals surface area contributed by atoms with Gasteiger partial charge in [0.2, 0.25) is 0 Å². The van der Waals surface area contributed by atoms with Crippen molar-refractivity contribution in [2.45, 2.75) is 0 Å². The highest BCUT2D eigenvalue weighted by molar-refractivity contribution is 6.20. The molecule has 0 aromatic heterocycles. The number of carbonyl (C=O) groups is 1. The predicted molar refractivity (Wildman–Crippen MR) is 108 cm³/mol. The molecule has 1 N–H and O–H groups in total. The van der Waals surface area contributed by atoms with Crippen LogP contribution >= 0.6 is 0 Å². The second-order valence-corrected chi connectivity index (χ2v) is 5.91. The Hall–Kier alpha value is -3.73. The highest BCUT2D eigenvalue weighted by Crippen LogP contribution is 2.31. The zero-order chi connectivity index (χ0) is 19.9. The Bertz CT molecular complexity index is 973. The topological polar surface area (TPSA) is 65.0 Å². The Balaban J connectivity index is 1.83. The lowest BCUT2D eigenvalue weighted by atomic mass is 10.0. The molecule has 0 aliphatic rings. The van der Waals surface area contributed by atoms with Gasteiger partial charge < -0.3 is 19.3 Å². The Kier molecular flexibility index (Phi) is 5.97. The van der Waals surface area contributed by atoms with Crippen molar-refractivity contribution >= 4 is 17.6 Å². The first-order valence-electron chi connectivity index (χ1n) is 8.61. The molecule has 0 aliphatic carbocycles. The van der Waals surface area contributed by atoms with E-state index in [2.05, 4.69) is 0 Å². The molecule has 3 aromatic carbocycles. The molecule has 3 aromatic rings. The van der Waals surface area contributed by atoms with Crippen LogP contribution in [0.25, 0.3) is 11.6 Å². The average Bonchev–Trinajstić information content (AvgIpc) is 2.73. The molecule has 0 bridgehead atoms. The fourth-order valence-corrected chi connectivity index (χ4v) is 2.67. The third-order valence-corrected chi connectivity index (χ3v) is 4.12. The maximum atomic E-state index is 11.7. The van der Waals surface area contributed by atoms with Gasteiger partial charge in [-0.1, -0.05) is 36.4 Å². The maximum Gasteiger partial charge on any atom is 0.336 e. The summed E-state index contributed by atoms with van der Waals surface area (Å²) in [5, 5.41) is 9.58. The average molecular weight is 376 g/mol. The molecule has 3 rings (SSSR count). The standard InChI is InChI=1S/C23H20O5/c1-26-18-13-9-17(10-14-18)20(23(24)25)15-16-7-11-19(12-8-16)28-22-6-4-3-5-21(22)27-2/h3-15H,1-2H3,(H,24,25)/b20-15+. The van der Waals surface area contributed by atoms with Crippen molar-refractivity contribution in [3.63, 3.8) is 0 Å². The molecule has 0 fully saturated rings. The molecule has 28 heavy (non-hydrogen) atoms. The Morgan fingerprint density at radius 3 is 1.96 bits per heavy atom. The lowest BCUT2D eigenvalue weighted by molar-refractivity contribution is -0.130. The van der Waals surface area contributed by atoms with Gasteiger partial charge in [-0.15, -0.1) is 0 Å². The van der Waals surface area contributed by atoms with E-state index < -0.39 is 5.97 Å². The van der Waals surface area contributed by atoms with E-state index in [0.717, 1.165) is 5.56 Å². The summed E-state index contributed by atoms with van der Waals surface area (Å²) in [5.74, 6) is 1.55. The molecule has 0 heterocycles. The van der Waals surface area contributed by atoms with Crippen LogP contribution in [-0.4, -0.2) is 25.3 Å². The number of ether oxygens (including phenoxy) is 3. The third kappa shape index (κ3) is 4.51. The normalized spacial score (nSPS) is 11.0. The third-order valence-electron chi connectivity index (χ3n) is 4.12. The number of methoxy groups -OCH3 is 2. The fourth-order valence-electron chi connectivity index (χ4n) is 2.67. The van der Waals surface area contributed by atoms with Crippen LogP contribution in [0.15, 0.2) is 72.8 Å². The van der Waals surface area contributed by atoms with Crippen LogP contribution in [-0.2, 0) is 4.79 Å². The minimum Gasteiger partial charge on any atom is -0.497 e. The number of carboxylic acids is 1. The molecule has 5 heteroatoms. The highest BCUT2D eigenvalue weighted by atomic mass is 16.5. The van der Waals surface area contributed by atoms with E-state index in [1.165, 1.54) is 0 Å². The highest BCUT2D eigenvalue weighted by Gasteiger charge is 2.11. The summed E-state index contributed by atoms with van der Waals surface area (Å²) < 4.78 is 16.2. The summed E-state index contributed by atoms with van der Waals surface area (Å²) >= 11 is 0. The van der Waals surface area contributed by atoms with Crippen LogP contribution < -0.4 is 14.2 Å². The fraction of sp³-hybridized carbons (Fsp3) is 0.0870. The minimum absolute atomic E-state index is 0.195. The summed E-state index contributed by atoms with van der Waals surface area (Å²) in [6, 6.07) is 21.4. The van der Waals surface area contributed by atoms with E-state index in [4.69, 9.17) is 14.2 Å². The zero-order valence-electron chi connectivity index (χ0n) is 15.6. The second kappa shape index (κ2) is 8.77. The molecule has 0 atom stereocenters. The van der Waals surface area contributed by atoms with Crippen molar-refractivity contribution in [2.75, 3.05) is 14.2 Å². The lowest BCUT2D eigenvalue weighted by Crippen LogP contribution is -1.99. The summed E-state index contributed by atoms with van der Waals surface area (Å²) in [7, 11) is 3.15. The van der Waals surface area contributed by atoms with E-state index >= 15 is 0 Å². The Labute approximate surface area is 163 Å². The van der Waals surface area contributed by atoms with Gasteiger partial charge in [0.15, 0.2) is 11.5 Å². The molecule has 0 saturated heterocycles. The van der Waals surface area contributed by atoms with Gasteiger partial charge in [-0.05, 0) is 53.6 Å². The minimum atomic E-state index is -1.00. The van der Waals surface area contributed by atoms with E-state index in [-0.39, 0.29) is 5.57 Å².